The Bertz CT molecular complexity index is 614. The van der Waals surface area contributed by atoms with Gasteiger partial charge in [0.05, 0.1) is 17.1 Å². The SMILES string of the molecule is COC(=O)c1cc(-c2ncc(F)cc2O)c(Br)s1. The molecule has 0 saturated heterocycles. The molecule has 2 rings (SSSR count). The van der Waals surface area contributed by atoms with Crippen molar-refractivity contribution in [1.82, 2.24) is 4.98 Å². The molecule has 2 heterocycles. The number of carbonyl (C=O) groups excluding carboxylic acids is 1. The molecule has 0 radical (unpaired) electrons. The highest BCUT2D eigenvalue weighted by Gasteiger charge is 2.18. The average molecular weight is 332 g/mol. The van der Waals surface area contributed by atoms with Gasteiger partial charge < -0.3 is 9.84 Å². The van der Waals surface area contributed by atoms with Gasteiger partial charge >= 0.3 is 5.97 Å². The molecular weight excluding hydrogens is 325 g/mol. The van der Waals surface area contributed by atoms with Crippen LogP contribution in [0.3, 0.4) is 0 Å². The standard InChI is InChI=1S/C11H7BrFNO3S/c1-17-11(16)8-3-6(10(12)18-8)9-7(15)2-5(13)4-14-9/h2-4,15H,1H3. The summed E-state index contributed by atoms with van der Waals surface area (Å²) in [7, 11) is 1.28. The number of rotatable bonds is 2. The number of esters is 1. The number of ether oxygens (including phenoxy) is 1. The number of hydrogen-bond donors (Lipinski definition) is 1. The smallest absolute Gasteiger partial charge is 0.348 e. The van der Waals surface area contributed by atoms with Crippen molar-refractivity contribution in [2.75, 3.05) is 7.11 Å². The third-order valence-corrected chi connectivity index (χ3v) is 3.98. The van der Waals surface area contributed by atoms with Crippen LogP contribution in [0, 0.1) is 5.82 Å². The van der Waals surface area contributed by atoms with Crippen LogP contribution in [0.25, 0.3) is 11.3 Å². The van der Waals surface area contributed by atoms with E-state index in [-0.39, 0.29) is 11.4 Å². The van der Waals surface area contributed by atoms with Gasteiger partial charge in [-0.1, -0.05) is 0 Å². The van der Waals surface area contributed by atoms with Gasteiger partial charge in [-0.05, 0) is 22.0 Å². The van der Waals surface area contributed by atoms with Gasteiger partial charge in [-0.2, -0.15) is 0 Å². The van der Waals surface area contributed by atoms with Crippen molar-refractivity contribution in [3.63, 3.8) is 0 Å². The van der Waals surface area contributed by atoms with Gasteiger partial charge in [0, 0.05) is 11.6 Å². The maximum absolute atomic E-state index is 12.8. The Morgan fingerprint density at radius 2 is 2.28 bits per heavy atom. The molecular formula is C11H7BrFNO3S. The third-order valence-electron chi connectivity index (χ3n) is 2.16. The third kappa shape index (κ3) is 2.37. The fraction of sp³-hybridized carbons (Fsp3) is 0.0909. The molecule has 2 aromatic rings. The number of methoxy groups -OCH3 is 1. The molecule has 0 bridgehead atoms. The van der Waals surface area contributed by atoms with E-state index in [1.54, 1.807) is 0 Å². The van der Waals surface area contributed by atoms with Crippen LogP contribution in [-0.2, 0) is 4.74 Å². The summed E-state index contributed by atoms with van der Waals surface area (Å²) in [4.78, 5) is 15.5. The first kappa shape index (κ1) is 13.0. The zero-order valence-corrected chi connectivity index (χ0v) is 11.5. The molecule has 18 heavy (non-hydrogen) atoms. The lowest BCUT2D eigenvalue weighted by Gasteiger charge is -2.01. The second-order valence-corrected chi connectivity index (χ2v) is 5.68. The lowest BCUT2D eigenvalue weighted by atomic mass is 10.2. The van der Waals surface area contributed by atoms with Crippen molar-refractivity contribution in [1.29, 1.82) is 0 Å². The number of thiophene rings is 1. The number of carbonyl (C=O) groups is 1. The van der Waals surface area contributed by atoms with Crippen LogP contribution in [0.1, 0.15) is 9.67 Å². The first-order valence-electron chi connectivity index (χ1n) is 4.75. The van der Waals surface area contributed by atoms with E-state index in [2.05, 4.69) is 25.7 Å². The second kappa shape index (κ2) is 5.03. The Labute approximate surface area is 114 Å². The molecule has 0 aliphatic heterocycles. The van der Waals surface area contributed by atoms with Crippen LogP contribution in [0.2, 0.25) is 0 Å². The van der Waals surface area contributed by atoms with Crippen molar-refractivity contribution < 1.29 is 19.0 Å². The highest BCUT2D eigenvalue weighted by Crippen LogP contribution is 2.38. The summed E-state index contributed by atoms with van der Waals surface area (Å²) in [6, 6.07) is 2.49. The summed E-state index contributed by atoms with van der Waals surface area (Å²) >= 11 is 4.42. The average Bonchev–Trinajstić information content (AvgIpc) is 2.70. The minimum atomic E-state index is -0.629. The number of aromatic hydroxyl groups is 1. The van der Waals surface area contributed by atoms with Crippen LogP contribution in [0.4, 0.5) is 4.39 Å². The van der Waals surface area contributed by atoms with Crippen molar-refractivity contribution >= 4 is 33.2 Å². The quantitative estimate of drug-likeness (QED) is 0.858. The van der Waals surface area contributed by atoms with Gasteiger partial charge in [0.1, 0.15) is 22.1 Å². The van der Waals surface area contributed by atoms with Crippen molar-refractivity contribution in [3.8, 4) is 17.0 Å². The van der Waals surface area contributed by atoms with Crippen molar-refractivity contribution in [2.24, 2.45) is 0 Å². The maximum Gasteiger partial charge on any atom is 0.348 e. The van der Waals surface area contributed by atoms with E-state index in [0.29, 0.717) is 14.2 Å². The summed E-state index contributed by atoms with van der Waals surface area (Å²) in [5.41, 5.74) is 0.715. The van der Waals surface area contributed by atoms with E-state index in [9.17, 15) is 14.3 Å². The van der Waals surface area contributed by atoms with Crippen LogP contribution < -0.4 is 0 Å². The minimum absolute atomic E-state index is 0.203. The first-order valence-corrected chi connectivity index (χ1v) is 6.36. The van der Waals surface area contributed by atoms with Crippen molar-refractivity contribution in [2.45, 2.75) is 0 Å². The largest absolute Gasteiger partial charge is 0.506 e. The van der Waals surface area contributed by atoms with E-state index in [1.807, 2.05) is 0 Å². The Morgan fingerprint density at radius 1 is 1.56 bits per heavy atom. The predicted octanol–water partition coefficient (Wildman–Crippen LogP) is 3.20. The lowest BCUT2D eigenvalue weighted by Crippen LogP contribution is -1.97. The second-order valence-electron chi connectivity index (χ2n) is 3.31. The van der Waals surface area contributed by atoms with Crippen LogP contribution in [-0.4, -0.2) is 23.2 Å². The number of pyridine rings is 1. The van der Waals surface area contributed by atoms with Gasteiger partial charge in [-0.3, -0.25) is 0 Å². The number of hydrogen-bond acceptors (Lipinski definition) is 5. The Balaban J connectivity index is 2.51. The fourth-order valence-electron chi connectivity index (χ4n) is 1.37. The molecule has 0 aromatic carbocycles. The van der Waals surface area contributed by atoms with Gasteiger partial charge in [-0.15, -0.1) is 11.3 Å². The van der Waals surface area contributed by atoms with Crippen LogP contribution in [0.15, 0.2) is 22.1 Å². The van der Waals surface area contributed by atoms with E-state index in [1.165, 1.54) is 13.2 Å². The Morgan fingerprint density at radius 3 is 2.89 bits per heavy atom. The van der Waals surface area contributed by atoms with Gasteiger partial charge in [-0.25, -0.2) is 14.2 Å². The molecule has 1 N–H and O–H groups in total. The van der Waals surface area contributed by atoms with Crippen LogP contribution >= 0.6 is 27.3 Å². The summed E-state index contributed by atoms with van der Waals surface area (Å²) in [6.45, 7) is 0. The summed E-state index contributed by atoms with van der Waals surface area (Å²) in [5, 5.41) is 9.64. The first-order chi connectivity index (χ1) is 8.52. The summed E-state index contributed by atoms with van der Waals surface area (Å²) in [5.74, 6) is -1.39. The zero-order chi connectivity index (χ0) is 13.3. The number of nitrogens with zero attached hydrogens (tertiary/aromatic N) is 1. The van der Waals surface area contributed by atoms with Crippen molar-refractivity contribution in [3.05, 3.63) is 32.8 Å². The molecule has 0 atom stereocenters. The van der Waals surface area contributed by atoms with E-state index < -0.39 is 11.8 Å². The molecule has 94 valence electrons. The molecule has 2 aromatic heterocycles. The molecule has 4 nitrogen and oxygen atoms in total. The van der Waals surface area contributed by atoms with Gasteiger partial charge in [0.25, 0.3) is 0 Å². The Hall–Kier alpha value is -1.47. The van der Waals surface area contributed by atoms with Gasteiger partial charge in [0.15, 0.2) is 0 Å². The molecule has 7 heteroatoms. The summed E-state index contributed by atoms with van der Waals surface area (Å²) < 4.78 is 18.1. The molecule has 0 unspecified atom stereocenters. The van der Waals surface area contributed by atoms with Crippen LogP contribution in [0.5, 0.6) is 5.75 Å². The topological polar surface area (TPSA) is 59.4 Å². The molecule has 0 amide bonds. The predicted molar refractivity (Wildman–Crippen MR) is 68.2 cm³/mol. The van der Waals surface area contributed by atoms with E-state index in [4.69, 9.17) is 0 Å². The molecule has 0 saturated carbocycles. The minimum Gasteiger partial charge on any atom is -0.506 e. The summed E-state index contributed by atoms with van der Waals surface area (Å²) in [6.07, 6.45) is 0.997. The molecule has 0 fully saturated rings. The highest BCUT2D eigenvalue weighted by atomic mass is 79.9. The zero-order valence-electron chi connectivity index (χ0n) is 9.11. The number of halogens is 2. The molecule has 0 aliphatic rings. The Kier molecular flexibility index (Phi) is 3.63. The lowest BCUT2D eigenvalue weighted by molar-refractivity contribution is 0.0606. The van der Waals surface area contributed by atoms with E-state index in [0.717, 1.165) is 23.6 Å². The highest BCUT2D eigenvalue weighted by molar-refractivity contribution is 9.11. The monoisotopic (exact) mass is 331 g/mol. The number of aromatic nitrogens is 1. The van der Waals surface area contributed by atoms with Gasteiger partial charge in [0.2, 0.25) is 0 Å². The van der Waals surface area contributed by atoms with E-state index >= 15 is 0 Å². The normalized spacial score (nSPS) is 10.4. The molecule has 0 aliphatic carbocycles. The maximum atomic E-state index is 12.8. The fourth-order valence-corrected chi connectivity index (χ4v) is 3.00. The molecule has 0 spiro atoms.